The van der Waals surface area contributed by atoms with Crippen molar-refractivity contribution < 1.29 is 8.42 Å². The minimum Gasteiger partial charge on any atom is -0.313 e. The first-order chi connectivity index (χ1) is 7.70. The average Bonchev–Trinajstić information content (AvgIpc) is 2.29. The van der Waals surface area contributed by atoms with Crippen LogP contribution in [0.3, 0.4) is 0 Å². The zero-order valence-corrected chi connectivity index (χ0v) is 11.5. The van der Waals surface area contributed by atoms with Gasteiger partial charge in [-0.3, -0.25) is 0 Å². The van der Waals surface area contributed by atoms with Crippen LogP contribution in [0.5, 0.6) is 0 Å². The van der Waals surface area contributed by atoms with Gasteiger partial charge in [-0.25, -0.2) is 0 Å². The van der Waals surface area contributed by atoms with Crippen molar-refractivity contribution in [3.05, 3.63) is 35.9 Å². The lowest BCUT2D eigenvalue weighted by molar-refractivity contribution is 0.625. The highest BCUT2D eigenvalue weighted by atomic mass is 35.5. The number of nitrogens with one attached hydrogen (secondary N) is 1. The van der Waals surface area contributed by atoms with Crippen LogP contribution in [0.25, 0.3) is 0 Å². The van der Waals surface area contributed by atoms with E-state index in [0.717, 1.165) is 19.5 Å². The van der Waals surface area contributed by atoms with Crippen LogP contribution in [0.2, 0.25) is 0 Å². The summed E-state index contributed by atoms with van der Waals surface area (Å²) in [5.74, 6) is 0. The van der Waals surface area contributed by atoms with Gasteiger partial charge in [-0.05, 0) is 31.9 Å². The standard InChI is InChI=1S/C12H17NO2S.ClH/c1-11(16(14)15)6-5-9-13-10-12-7-3-2-4-8-12;/h2-4,7-8,13H,5-6,9-10H2,1H3;1H. The van der Waals surface area contributed by atoms with Crippen molar-refractivity contribution >= 4 is 27.6 Å². The van der Waals surface area contributed by atoms with Crippen LogP contribution >= 0.6 is 12.4 Å². The van der Waals surface area contributed by atoms with Gasteiger partial charge in [-0.1, -0.05) is 30.3 Å². The monoisotopic (exact) mass is 275 g/mol. The van der Waals surface area contributed by atoms with Crippen LogP contribution in [-0.2, 0) is 16.8 Å². The third-order valence-electron chi connectivity index (χ3n) is 2.34. The Morgan fingerprint density at radius 2 is 1.88 bits per heavy atom. The highest BCUT2D eigenvalue weighted by molar-refractivity contribution is 7.72. The predicted molar refractivity (Wildman–Crippen MR) is 74.2 cm³/mol. The summed E-state index contributed by atoms with van der Waals surface area (Å²) in [6.07, 6.45) is 1.49. The lowest BCUT2D eigenvalue weighted by atomic mass is 10.2. The summed E-state index contributed by atoms with van der Waals surface area (Å²) in [6, 6.07) is 10.1. The van der Waals surface area contributed by atoms with Crippen LogP contribution in [0.4, 0.5) is 0 Å². The van der Waals surface area contributed by atoms with Crippen molar-refractivity contribution in [3.8, 4) is 0 Å². The van der Waals surface area contributed by atoms with E-state index in [1.54, 1.807) is 6.92 Å². The normalized spacial score (nSPS) is 9.47. The van der Waals surface area contributed by atoms with Gasteiger partial charge in [0.1, 0.15) is 0 Å². The van der Waals surface area contributed by atoms with Crippen LogP contribution in [0.1, 0.15) is 25.3 Å². The van der Waals surface area contributed by atoms with Crippen LogP contribution in [-0.4, -0.2) is 19.8 Å². The maximum absolute atomic E-state index is 10.5. The summed E-state index contributed by atoms with van der Waals surface area (Å²) in [5, 5.41) is 3.28. The highest BCUT2D eigenvalue weighted by Crippen LogP contribution is 1.97. The molecule has 0 aromatic heterocycles. The maximum Gasteiger partial charge on any atom is 0.212 e. The van der Waals surface area contributed by atoms with Gasteiger partial charge in [0.2, 0.25) is 10.3 Å². The number of hydrogen-bond donors (Lipinski definition) is 1. The van der Waals surface area contributed by atoms with Gasteiger partial charge in [0, 0.05) is 11.4 Å². The molecule has 1 aromatic carbocycles. The molecule has 3 nitrogen and oxygen atoms in total. The van der Waals surface area contributed by atoms with Crippen LogP contribution in [0, 0.1) is 0 Å². The van der Waals surface area contributed by atoms with Crippen molar-refractivity contribution in [2.24, 2.45) is 0 Å². The fourth-order valence-electron chi connectivity index (χ4n) is 1.37. The summed E-state index contributed by atoms with van der Waals surface area (Å²) >= 11 is 0. The molecule has 0 bridgehead atoms. The summed E-state index contributed by atoms with van der Waals surface area (Å²) < 4.78 is 21.1. The molecule has 17 heavy (non-hydrogen) atoms. The van der Waals surface area contributed by atoms with Crippen molar-refractivity contribution in [1.82, 2.24) is 5.32 Å². The topological polar surface area (TPSA) is 46.2 Å². The Morgan fingerprint density at radius 3 is 2.47 bits per heavy atom. The smallest absolute Gasteiger partial charge is 0.212 e. The van der Waals surface area contributed by atoms with Crippen LogP contribution < -0.4 is 5.32 Å². The lowest BCUT2D eigenvalue weighted by Crippen LogP contribution is -2.15. The van der Waals surface area contributed by atoms with Gasteiger partial charge in [-0.2, -0.15) is 8.42 Å². The number of halogens is 1. The largest absolute Gasteiger partial charge is 0.313 e. The first-order valence-corrected chi connectivity index (χ1v) is 6.44. The third-order valence-corrected chi connectivity index (χ3v) is 3.11. The molecule has 0 amide bonds. The summed E-state index contributed by atoms with van der Waals surface area (Å²) in [5.41, 5.74) is 1.25. The summed E-state index contributed by atoms with van der Waals surface area (Å²) in [7, 11) is -2.01. The Kier molecular flexibility index (Phi) is 8.76. The molecular formula is C12H18ClNO2S. The van der Waals surface area contributed by atoms with E-state index in [9.17, 15) is 8.42 Å². The molecule has 0 aliphatic carbocycles. The minimum absolute atomic E-state index is 0. The van der Waals surface area contributed by atoms with E-state index in [1.807, 2.05) is 18.2 Å². The second-order valence-electron chi connectivity index (χ2n) is 3.70. The molecule has 0 aliphatic heterocycles. The Balaban J connectivity index is 0.00000256. The summed E-state index contributed by atoms with van der Waals surface area (Å²) in [4.78, 5) is 0.529. The van der Waals surface area contributed by atoms with Crippen molar-refractivity contribution in [2.45, 2.75) is 26.3 Å². The van der Waals surface area contributed by atoms with Gasteiger partial charge >= 0.3 is 0 Å². The molecule has 1 N–H and O–H groups in total. The molecule has 0 radical (unpaired) electrons. The summed E-state index contributed by atoms with van der Waals surface area (Å²) in [6.45, 7) is 3.32. The van der Waals surface area contributed by atoms with E-state index in [2.05, 4.69) is 17.4 Å². The van der Waals surface area contributed by atoms with Crippen LogP contribution in [0.15, 0.2) is 30.3 Å². The Labute approximate surface area is 110 Å². The Bertz CT molecular complexity index is 435. The van der Waals surface area contributed by atoms with Gasteiger partial charge in [0.25, 0.3) is 0 Å². The van der Waals surface area contributed by atoms with Crippen molar-refractivity contribution in [1.29, 1.82) is 0 Å². The average molecular weight is 276 g/mol. The van der Waals surface area contributed by atoms with Gasteiger partial charge in [0.05, 0.1) is 0 Å². The van der Waals surface area contributed by atoms with E-state index in [1.165, 1.54) is 5.56 Å². The van der Waals surface area contributed by atoms with Gasteiger partial charge in [-0.15, -0.1) is 12.4 Å². The van der Waals surface area contributed by atoms with Crippen molar-refractivity contribution in [2.75, 3.05) is 6.54 Å². The Hall–Kier alpha value is -0.840. The first-order valence-electron chi connectivity index (χ1n) is 5.36. The molecule has 5 heteroatoms. The molecule has 1 rings (SSSR count). The second-order valence-corrected chi connectivity index (χ2v) is 4.87. The van der Waals surface area contributed by atoms with Gasteiger partial charge < -0.3 is 5.32 Å². The predicted octanol–water partition coefficient (Wildman–Crippen LogP) is 2.05. The second kappa shape index (κ2) is 9.22. The van der Waals surface area contributed by atoms with Gasteiger partial charge in [0.15, 0.2) is 0 Å². The minimum atomic E-state index is -2.01. The Morgan fingerprint density at radius 1 is 1.24 bits per heavy atom. The fraction of sp³-hybridized carbons (Fsp3) is 0.417. The quantitative estimate of drug-likeness (QED) is 0.638. The van der Waals surface area contributed by atoms with E-state index < -0.39 is 10.3 Å². The SMILES string of the molecule is CC(CCCNCc1ccccc1)=S(=O)=O.Cl. The maximum atomic E-state index is 10.5. The molecule has 0 heterocycles. The fourth-order valence-corrected chi connectivity index (χ4v) is 1.69. The molecule has 0 spiro atoms. The number of rotatable bonds is 6. The molecule has 96 valence electrons. The molecule has 0 saturated carbocycles. The number of hydrogen-bond acceptors (Lipinski definition) is 3. The molecule has 0 unspecified atom stereocenters. The lowest BCUT2D eigenvalue weighted by Gasteiger charge is -2.03. The third kappa shape index (κ3) is 7.15. The molecule has 0 atom stereocenters. The zero-order chi connectivity index (χ0) is 11.8. The van der Waals surface area contributed by atoms with E-state index in [0.29, 0.717) is 11.3 Å². The van der Waals surface area contributed by atoms with Crippen molar-refractivity contribution in [3.63, 3.8) is 0 Å². The van der Waals surface area contributed by atoms with E-state index in [-0.39, 0.29) is 12.4 Å². The number of benzene rings is 1. The first kappa shape index (κ1) is 16.2. The highest BCUT2D eigenvalue weighted by Gasteiger charge is 1.94. The molecule has 1 aromatic rings. The van der Waals surface area contributed by atoms with E-state index in [4.69, 9.17) is 0 Å². The molecule has 0 fully saturated rings. The van der Waals surface area contributed by atoms with E-state index >= 15 is 0 Å². The zero-order valence-electron chi connectivity index (χ0n) is 9.85. The molecular weight excluding hydrogens is 258 g/mol. The molecule has 0 saturated heterocycles. The molecule has 0 aliphatic rings.